The Bertz CT molecular complexity index is 1060. The number of aromatic hydroxyl groups is 1. The molecule has 1 aliphatic rings. The van der Waals surface area contributed by atoms with Gasteiger partial charge in [-0.05, 0) is 41.6 Å². The Kier molecular flexibility index (Phi) is 4.79. The van der Waals surface area contributed by atoms with Gasteiger partial charge in [-0.25, -0.2) is 0 Å². The zero-order valence-electron chi connectivity index (χ0n) is 15.6. The van der Waals surface area contributed by atoms with Crippen molar-refractivity contribution in [3.05, 3.63) is 59.9 Å². The summed E-state index contributed by atoms with van der Waals surface area (Å²) >= 11 is 0. The van der Waals surface area contributed by atoms with E-state index in [1.165, 1.54) is 6.07 Å². The van der Waals surface area contributed by atoms with Gasteiger partial charge >= 0.3 is 0 Å². The van der Waals surface area contributed by atoms with E-state index in [4.69, 9.17) is 0 Å². The molecular formula is C22H21N3O3. The quantitative estimate of drug-likeness (QED) is 0.713. The SMILES string of the molecule is CN1CCN(C(=O)c2cncc(-c3ccc4c(C=O)c(O)ccc4c3)c2)CC1. The molecule has 6 nitrogen and oxygen atoms in total. The molecule has 1 aromatic heterocycles. The fourth-order valence-corrected chi connectivity index (χ4v) is 3.55. The molecule has 6 heteroatoms. The van der Waals surface area contributed by atoms with Gasteiger partial charge in [0.05, 0.1) is 11.1 Å². The van der Waals surface area contributed by atoms with Gasteiger partial charge < -0.3 is 14.9 Å². The summed E-state index contributed by atoms with van der Waals surface area (Å²) in [6.07, 6.45) is 3.99. The molecule has 142 valence electrons. The smallest absolute Gasteiger partial charge is 0.255 e. The molecule has 3 aromatic rings. The number of nitrogens with zero attached hydrogens (tertiary/aromatic N) is 3. The molecule has 1 aliphatic heterocycles. The first-order valence-electron chi connectivity index (χ1n) is 9.21. The van der Waals surface area contributed by atoms with E-state index in [-0.39, 0.29) is 17.2 Å². The second-order valence-corrected chi connectivity index (χ2v) is 7.11. The molecule has 0 saturated carbocycles. The molecular weight excluding hydrogens is 354 g/mol. The summed E-state index contributed by atoms with van der Waals surface area (Å²) in [7, 11) is 2.06. The maximum atomic E-state index is 12.8. The summed E-state index contributed by atoms with van der Waals surface area (Å²) in [6.45, 7) is 3.17. The number of aromatic nitrogens is 1. The van der Waals surface area contributed by atoms with Crippen LogP contribution in [0, 0.1) is 0 Å². The molecule has 0 unspecified atom stereocenters. The van der Waals surface area contributed by atoms with Crippen molar-refractivity contribution in [2.45, 2.75) is 0 Å². The molecule has 1 amide bonds. The van der Waals surface area contributed by atoms with E-state index in [9.17, 15) is 14.7 Å². The number of hydrogen-bond donors (Lipinski definition) is 1. The second-order valence-electron chi connectivity index (χ2n) is 7.11. The summed E-state index contributed by atoms with van der Waals surface area (Å²) in [5, 5.41) is 11.4. The number of amides is 1. The number of piperazine rings is 1. The van der Waals surface area contributed by atoms with Crippen LogP contribution < -0.4 is 0 Å². The Morgan fingerprint density at radius 2 is 1.82 bits per heavy atom. The van der Waals surface area contributed by atoms with Crippen molar-refractivity contribution in [2.75, 3.05) is 33.2 Å². The van der Waals surface area contributed by atoms with Crippen molar-refractivity contribution in [1.82, 2.24) is 14.8 Å². The fourth-order valence-electron chi connectivity index (χ4n) is 3.55. The number of aldehydes is 1. The topological polar surface area (TPSA) is 73.7 Å². The van der Waals surface area contributed by atoms with E-state index in [2.05, 4.69) is 16.9 Å². The van der Waals surface area contributed by atoms with Crippen LogP contribution in [0.2, 0.25) is 0 Å². The van der Waals surface area contributed by atoms with Crippen LogP contribution in [0.5, 0.6) is 5.75 Å². The monoisotopic (exact) mass is 375 g/mol. The highest BCUT2D eigenvalue weighted by Crippen LogP contribution is 2.30. The minimum absolute atomic E-state index is 0.00333. The van der Waals surface area contributed by atoms with Crippen LogP contribution in [0.1, 0.15) is 20.7 Å². The number of benzene rings is 2. The van der Waals surface area contributed by atoms with E-state index in [1.54, 1.807) is 18.5 Å². The van der Waals surface area contributed by atoms with Gasteiger partial charge in [-0.2, -0.15) is 0 Å². The Balaban J connectivity index is 1.66. The number of phenols is 1. The zero-order chi connectivity index (χ0) is 19.7. The number of phenolic OH excluding ortho intramolecular Hbond substituents is 1. The van der Waals surface area contributed by atoms with Crippen LogP contribution in [0.25, 0.3) is 21.9 Å². The van der Waals surface area contributed by atoms with Crippen LogP contribution in [0.15, 0.2) is 48.8 Å². The Morgan fingerprint density at radius 1 is 1.04 bits per heavy atom. The van der Waals surface area contributed by atoms with Crippen molar-refractivity contribution in [2.24, 2.45) is 0 Å². The third-order valence-electron chi connectivity index (χ3n) is 5.27. The third-order valence-corrected chi connectivity index (χ3v) is 5.27. The third kappa shape index (κ3) is 3.34. The lowest BCUT2D eigenvalue weighted by molar-refractivity contribution is 0.0663. The molecule has 1 fully saturated rings. The van der Waals surface area contributed by atoms with Crippen molar-refractivity contribution >= 4 is 23.0 Å². The predicted molar refractivity (Wildman–Crippen MR) is 108 cm³/mol. The summed E-state index contributed by atoms with van der Waals surface area (Å²) in [6, 6.07) is 10.8. The molecule has 0 aliphatic carbocycles. The second kappa shape index (κ2) is 7.40. The highest BCUT2D eigenvalue weighted by atomic mass is 16.3. The fraction of sp³-hybridized carbons (Fsp3) is 0.227. The van der Waals surface area contributed by atoms with Gasteiger partial charge in [0.25, 0.3) is 5.91 Å². The first kappa shape index (κ1) is 18.1. The van der Waals surface area contributed by atoms with Gasteiger partial charge in [0, 0.05) is 44.1 Å². The first-order chi connectivity index (χ1) is 13.6. The lowest BCUT2D eigenvalue weighted by Crippen LogP contribution is -2.47. The van der Waals surface area contributed by atoms with Gasteiger partial charge in [0.2, 0.25) is 0 Å². The van der Waals surface area contributed by atoms with Crippen molar-refractivity contribution in [1.29, 1.82) is 0 Å². The number of rotatable bonds is 3. The number of carbonyl (C=O) groups is 2. The van der Waals surface area contributed by atoms with Crippen LogP contribution >= 0.6 is 0 Å². The predicted octanol–water partition coefficient (Wildman–Crippen LogP) is 2.81. The molecule has 1 N–H and O–H groups in total. The molecule has 0 atom stereocenters. The molecule has 2 aromatic carbocycles. The summed E-state index contributed by atoms with van der Waals surface area (Å²) < 4.78 is 0. The molecule has 2 heterocycles. The molecule has 0 bridgehead atoms. The van der Waals surface area contributed by atoms with E-state index in [0.717, 1.165) is 29.6 Å². The average molecular weight is 375 g/mol. The van der Waals surface area contributed by atoms with E-state index < -0.39 is 0 Å². The maximum absolute atomic E-state index is 12.8. The summed E-state index contributed by atoms with van der Waals surface area (Å²) in [5.41, 5.74) is 2.58. The largest absolute Gasteiger partial charge is 0.507 e. The zero-order valence-corrected chi connectivity index (χ0v) is 15.6. The Labute approximate surface area is 163 Å². The van der Waals surface area contributed by atoms with Crippen molar-refractivity contribution < 1.29 is 14.7 Å². The van der Waals surface area contributed by atoms with Crippen molar-refractivity contribution in [3.8, 4) is 16.9 Å². The summed E-state index contributed by atoms with van der Waals surface area (Å²) in [5.74, 6) is -0.0342. The molecule has 0 spiro atoms. The number of likely N-dealkylation sites (N-methyl/N-ethyl adjacent to an activating group) is 1. The van der Waals surface area contributed by atoms with Crippen molar-refractivity contribution in [3.63, 3.8) is 0 Å². The van der Waals surface area contributed by atoms with Gasteiger partial charge in [-0.3, -0.25) is 14.6 Å². The van der Waals surface area contributed by atoms with Gasteiger partial charge in [0.15, 0.2) is 6.29 Å². The van der Waals surface area contributed by atoms with Crippen LogP contribution in [-0.2, 0) is 0 Å². The number of fused-ring (bicyclic) bond motifs is 1. The lowest BCUT2D eigenvalue weighted by atomic mass is 9.98. The normalized spacial score (nSPS) is 15.0. The number of carbonyl (C=O) groups excluding carboxylic acids is 2. The highest BCUT2D eigenvalue weighted by molar-refractivity contribution is 6.02. The standard InChI is InChI=1S/C22H21N3O3/c1-24-6-8-25(9-7-24)22(28)18-11-17(12-23-13-18)15-2-4-19-16(10-15)3-5-21(27)20(19)14-26/h2-5,10-14,27H,6-9H2,1H3. The molecule has 28 heavy (non-hydrogen) atoms. The van der Waals surface area contributed by atoms with Gasteiger partial charge in [-0.1, -0.05) is 18.2 Å². The molecule has 0 radical (unpaired) electrons. The molecule has 4 rings (SSSR count). The minimum atomic E-state index is -0.0308. The Hall–Kier alpha value is -3.25. The minimum Gasteiger partial charge on any atom is -0.507 e. The van der Waals surface area contributed by atoms with E-state index in [1.807, 2.05) is 29.2 Å². The lowest BCUT2D eigenvalue weighted by Gasteiger charge is -2.32. The number of hydrogen-bond acceptors (Lipinski definition) is 5. The van der Waals surface area contributed by atoms with Gasteiger partial charge in [-0.15, -0.1) is 0 Å². The highest BCUT2D eigenvalue weighted by Gasteiger charge is 2.21. The van der Waals surface area contributed by atoms with Crippen LogP contribution in [-0.4, -0.2) is 65.3 Å². The molecule has 1 saturated heterocycles. The Morgan fingerprint density at radius 3 is 2.57 bits per heavy atom. The number of pyridine rings is 1. The first-order valence-corrected chi connectivity index (χ1v) is 9.21. The summed E-state index contributed by atoms with van der Waals surface area (Å²) in [4.78, 5) is 32.4. The van der Waals surface area contributed by atoms with E-state index >= 15 is 0 Å². The van der Waals surface area contributed by atoms with Crippen LogP contribution in [0.3, 0.4) is 0 Å². The van der Waals surface area contributed by atoms with Gasteiger partial charge in [0.1, 0.15) is 5.75 Å². The average Bonchev–Trinajstić information content (AvgIpc) is 2.73. The van der Waals surface area contributed by atoms with Crippen LogP contribution in [0.4, 0.5) is 0 Å². The maximum Gasteiger partial charge on any atom is 0.255 e. The van der Waals surface area contributed by atoms with E-state index in [0.29, 0.717) is 30.3 Å².